The number of carbonyl (C=O) groups is 1. The fourth-order valence-corrected chi connectivity index (χ4v) is 3.93. The Morgan fingerprint density at radius 2 is 2.10 bits per heavy atom. The second-order valence-electron chi connectivity index (χ2n) is 7.85. The molecule has 7 heteroatoms. The minimum Gasteiger partial charge on any atom is -0.497 e. The maximum absolute atomic E-state index is 12.5. The van der Waals surface area contributed by atoms with Crippen molar-refractivity contribution in [3.63, 3.8) is 0 Å². The van der Waals surface area contributed by atoms with Gasteiger partial charge in [-0.3, -0.25) is 4.79 Å². The Morgan fingerprint density at radius 1 is 1.30 bits per heavy atom. The number of aromatic nitrogens is 2. The monoisotopic (exact) mass is 411 g/mol. The molecule has 2 aromatic rings. The first-order valence-corrected chi connectivity index (χ1v) is 10.8. The van der Waals surface area contributed by atoms with Crippen molar-refractivity contribution in [1.82, 2.24) is 15.3 Å². The molecule has 1 aliphatic heterocycles. The molecule has 0 aliphatic carbocycles. The van der Waals surface area contributed by atoms with Crippen molar-refractivity contribution in [1.29, 1.82) is 0 Å². The van der Waals surface area contributed by atoms with E-state index >= 15 is 0 Å². The summed E-state index contributed by atoms with van der Waals surface area (Å²) in [7, 11) is 1.65. The average molecular weight is 412 g/mol. The summed E-state index contributed by atoms with van der Waals surface area (Å²) in [6, 6.07) is 9.82. The predicted octanol–water partition coefficient (Wildman–Crippen LogP) is 3.79. The van der Waals surface area contributed by atoms with Crippen LogP contribution in [0.25, 0.3) is 0 Å². The van der Waals surface area contributed by atoms with Crippen LogP contribution in [0, 0.1) is 5.92 Å². The molecular weight excluding hydrogens is 378 g/mol. The Hall–Kier alpha value is -2.83. The summed E-state index contributed by atoms with van der Waals surface area (Å²) in [6.45, 7) is 6.84. The molecule has 3 rings (SSSR count). The molecule has 30 heavy (non-hydrogen) atoms. The van der Waals surface area contributed by atoms with Crippen molar-refractivity contribution < 1.29 is 9.53 Å². The van der Waals surface area contributed by atoms with Crippen LogP contribution in [0.1, 0.15) is 51.1 Å². The summed E-state index contributed by atoms with van der Waals surface area (Å²) in [5.41, 5.74) is 1.08. The number of amides is 1. The third-order valence-electron chi connectivity index (χ3n) is 5.63. The van der Waals surface area contributed by atoms with Crippen LogP contribution in [0.4, 0.5) is 11.6 Å². The minimum absolute atomic E-state index is 0.0169. The zero-order valence-corrected chi connectivity index (χ0v) is 18.2. The van der Waals surface area contributed by atoms with Crippen molar-refractivity contribution in [2.45, 2.75) is 45.6 Å². The highest BCUT2D eigenvalue weighted by Crippen LogP contribution is 2.26. The molecule has 0 saturated carbocycles. The number of methoxy groups -OCH3 is 1. The highest BCUT2D eigenvalue weighted by atomic mass is 16.5. The van der Waals surface area contributed by atoms with E-state index in [2.05, 4.69) is 32.4 Å². The summed E-state index contributed by atoms with van der Waals surface area (Å²) in [5.74, 6) is 3.24. The van der Waals surface area contributed by atoms with Crippen LogP contribution in [-0.4, -0.2) is 42.6 Å². The Balaban J connectivity index is 1.47. The minimum atomic E-state index is -0.0169. The van der Waals surface area contributed by atoms with E-state index in [1.807, 2.05) is 37.3 Å². The number of rotatable bonds is 9. The van der Waals surface area contributed by atoms with Gasteiger partial charge in [-0.25, -0.2) is 9.97 Å². The second-order valence-corrected chi connectivity index (χ2v) is 7.85. The molecule has 1 aliphatic rings. The molecule has 2 atom stereocenters. The molecular formula is C23H33N5O2. The van der Waals surface area contributed by atoms with Crippen LogP contribution in [-0.2, 0) is 4.79 Å². The second kappa shape index (κ2) is 10.8. The molecule has 0 unspecified atom stereocenters. The lowest BCUT2D eigenvalue weighted by molar-refractivity contribution is -0.122. The topological polar surface area (TPSA) is 79.4 Å². The van der Waals surface area contributed by atoms with E-state index < -0.39 is 0 Å². The van der Waals surface area contributed by atoms with Crippen molar-refractivity contribution >= 4 is 17.5 Å². The largest absolute Gasteiger partial charge is 0.497 e. The summed E-state index contributed by atoms with van der Waals surface area (Å²) >= 11 is 0. The molecule has 7 nitrogen and oxygen atoms in total. The van der Waals surface area contributed by atoms with Crippen molar-refractivity contribution in [3.05, 3.63) is 42.2 Å². The van der Waals surface area contributed by atoms with Gasteiger partial charge in [-0.1, -0.05) is 12.1 Å². The first kappa shape index (κ1) is 21.9. The van der Waals surface area contributed by atoms with Crippen LogP contribution in [0.3, 0.4) is 0 Å². The van der Waals surface area contributed by atoms with Gasteiger partial charge in [-0.15, -0.1) is 0 Å². The van der Waals surface area contributed by atoms with E-state index in [9.17, 15) is 4.79 Å². The van der Waals surface area contributed by atoms with Gasteiger partial charge >= 0.3 is 0 Å². The number of nitrogens with one attached hydrogen (secondary N) is 2. The van der Waals surface area contributed by atoms with Crippen LogP contribution >= 0.6 is 0 Å². The molecule has 0 spiro atoms. The lowest BCUT2D eigenvalue weighted by Crippen LogP contribution is -2.36. The van der Waals surface area contributed by atoms with Gasteiger partial charge in [0.2, 0.25) is 5.91 Å². The number of ether oxygens (including phenoxy) is 1. The Morgan fingerprint density at radius 3 is 2.83 bits per heavy atom. The van der Waals surface area contributed by atoms with E-state index in [0.717, 1.165) is 61.8 Å². The smallest absolute Gasteiger partial charge is 0.220 e. The number of hydrogen-bond donors (Lipinski definition) is 2. The molecule has 0 bridgehead atoms. The fraction of sp³-hybridized carbons (Fsp3) is 0.522. The highest BCUT2D eigenvalue weighted by molar-refractivity contribution is 5.76. The molecule has 1 aromatic heterocycles. The zero-order valence-electron chi connectivity index (χ0n) is 18.2. The number of hydrogen-bond acceptors (Lipinski definition) is 6. The first-order chi connectivity index (χ1) is 14.6. The van der Waals surface area contributed by atoms with Gasteiger partial charge in [0.25, 0.3) is 0 Å². The standard InChI is InChI=1S/C23H33N5O2/c1-4-24-21-14-22(26-16-25-21)28-13-5-6-18(15-28)7-12-23(29)27-17(2)19-8-10-20(30-3)11-9-19/h8-11,14,16-18H,4-7,12-13,15H2,1-3H3,(H,27,29)(H,24,25,26)/t17-,18-/m1/s1. The van der Waals surface area contributed by atoms with Gasteiger partial charge in [0.15, 0.2) is 0 Å². The average Bonchev–Trinajstić information content (AvgIpc) is 2.78. The third kappa shape index (κ3) is 6.08. The third-order valence-corrected chi connectivity index (χ3v) is 5.63. The van der Waals surface area contributed by atoms with Gasteiger partial charge in [-0.2, -0.15) is 0 Å². The summed E-state index contributed by atoms with van der Waals surface area (Å²) in [4.78, 5) is 23.5. The number of benzene rings is 1. The van der Waals surface area contributed by atoms with Crippen LogP contribution in [0.5, 0.6) is 5.75 Å². The maximum Gasteiger partial charge on any atom is 0.220 e. The SMILES string of the molecule is CCNc1cc(N2CCC[C@H](CCC(=O)N[C@H](C)c3ccc(OC)cc3)C2)ncn1. The molecule has 1 saturated heterocycles. The molecule has 1 aromatic carbocycles. The van der Waals surface area contributed by atoms with Gasteiger partial charge in [0.05, 0.1) is 13.2 Å². The molecule has 1 amide bonds. The number of nitrogens with zero attached hydrogens (tertiary/aromatic N) is 3. The van der Waals surface area contributed by atoms with Crippen molar-refractivity contribution in [2.75, 3.05) is 37.0 Å². The lowest BCUT2D eigenvalue weighted by atomic mass is 9.93. The zero-order chi connectivity index (χ0) is 21.3. The molecule has 0 radical (unpaired) electrons. The normalized spacial score (nSPS) is 17.3. The number of piperidine rings is 1. The first-order valence-electron chi connectivity index (χ1n) is 10.8. The Kier molecular flexibility index (Phi) is 7.88. The fourth-order valence-electron chi connectivity index (χ4n) is 3.93. The Bertz CT molecular complexity index is 811. The quantitative estimate of drug-likeness (QED) is 0.654. The van der Waals surface area contributed by atoms with Crippen LogP contribution in [0.15, 0.2) is 36.7 Å². The number of carbonyl (C=O) groups excluding carboxylic acids is 1. The predicted molar refractivity (Wildman–Crippen MR) is 120 cm³/mol. The van der Waals surface area contributed by atoms with Gasteiger partial charge in [-0.05, 0) is 56.7 Å². The van der Waals surface area contributed by atoms with Gasteiger partial charge < -0.3 is 20.3 Å². The molecule has 2 heterocycles. The molecule has 2 N–H and O–H groups in total. The van der Waals surface area contributed by atoms with Gasteiger partial charge in [0.1, 0.15) is 23.7 Å². The molecule has 1 fully saturated rings. The van der Waals surface area contributed by atoms with E-state index in [-0.39, 0.29) is 11.9 Å². The summed E-state index contributed by atoms with van der Waals surface area (Å²) < 4.78 is 5.19. The van der Waals surface area contributed by atoms with Crippen molar-refractivity contribution in [2.24, 2.45) is 5.92 Å². The highest BCUT2D eigenvalue weighted by Gasteiger charge is 2.22. The van der Waals surface area contributed by atoms with E-state index in [4.69, 9.17) is 4.74 Å². The van der Waals surface area contributed by atoms with E-state index in [0.29, 0.717) is 12.3 Å². The van der Waals surface area contributed by atoms with Crippen molar-refractivity contribution in [3.8, 4) is 5.75 Å². The maximum atomic E-state index is 12.5. The van der Waals surface area contributed by atoms with Crippen LogP contribution < -0.4 is 20.3 Å². The summed E-state index contributed by atoms with van der Waals surface area (Å²) in [6.07, 6.45) is 5.33. The lowest BCUT2D eigenvalue weighted by Gasteiger charge is -2.33. The van der Waals surface area contributed by atoms with E-state index in [1.165, 1.54) is 0 Å². The molecule has 162 valence electrons. The Labute approximate surface area is 179 Å². The summed E-state index contributed by atoms with van der Waals surface area (Å²) in [5, 5.41) is 6.35. The number of anilines is 2. The van der Waals surface area contributed by atoms with Gasteiger partial charge in [0, 0.05) is 32.1 Å². The van der Waals surface area contributed by atoms with Crippen LogP contribution in [0.2, 0.25) is 0 Å². The van der Waals surface area contributed by atoms with E-state index in [1.54, 1.807) is 13.4 Å².